The lowest BCUT2D eigenvalue weighted by Gasteiger charge is -2.21. The Morgan fingerprint density at radius 3 is 2.90 bits per heavy atom. The van der Waals surface area contributed by atoms with Gasteiger partial charge in [-0.2, -0.15) is 0 Å². The topological polar surface area (TPSA) is 59.2 Å². The first-order valence-corrected chi connectivity index (χ1v) is 8.01. The van der Waals surface area contributed by atoms with Crippen LogP contribution in [-0.4, -0.2) is 24.5 Å². The zero-order valence-corrected chi connectivity index (χ0v) is 12.9. The number of benzene rings is 1. The van der Waals surface area contributed by atoms with Crippen molar-refractivity contribution in [1.29, 1.82) is 0 Å². The molecule has 0 saturated heterocycles. The number of hydrogen-bond donors (Lipinski definition) is 1. The third-order valence-corrected chi connectivity index (χ3v) is 5.23. The first-order chi connectivity index (χ1) is 10.2. The van der Waals surface area contributed by atoms with Crippen LogP contribution in [0.3, 0.4) is 0 Å². The predicted octanol–water partition coefficient (Wildman–Crippen LogP) is 2.34. The van der Waals surface area contributed by atoms with Gasteiger partial charge < -0.3 is 5.73 Å². The van der Waals surface area contributed by atoms with Gasteiger partial charge in [-0.1, -0.05) is 30.3 Å². The lowest BCUT2D eigenvalue weighted by Crippen LogP contribution is -2.32. The van der Waals surface area contributed by atoms with Crippen molar-refractivity contribution in [1.82, 2.24) is 4.98 Å². The summed E-state index contributed by atoms with van der Waals surface area (Å²) in [6, 6.07) is 10.6. The summed E-state index contributed by atoms with van der Waals surface area (Å²) in [5.41, 5.74) is 7.96. The number of aromatic nitrogens is 1. The maximum Gasteiger partial charge on any atom is 0.242 e. The summed E-state index contributed by atoms with van der Waals surface area (Å²) < 4.78 is 0. The van der Waals surface area contributed by atoms with E-state index < -0.39 is 0 Å². The fourth-order valence-electron chi connectivity index (χ4n) is 2.76. The Morgan fingerprint density at radius 2 is 2.19 bits per heavy atom. The summed E-state index contributed by atoms with van der Waals surface area (Å²) in [4.78, 5) is 19.2. The molecule has 1 amide bonds. The van der Waals surface area contributed by atoms with Crippen LogP contribution in [0.1, 0.15) is 28.5 Å². The molecule has 1 atom stereocenters. The molecule has 110 valence electrons. The molecule has 0 radical (unpaired) electrons. The number of thiazole rings is 1. The van der Waals surface area contributed by atoms with Crippen LogP contribution in [-0.2, 0) is 17.6 Å². The first kappa shape index (κ1) is 14.2. The number of aryl methyl sites for hydroxylation is 1. The van der Waals surface area contributed by atoms with Gasteiger partial charge in [-0.15, -0.1) is 11.3 Å². The highest BCUT2D eigenvalue weighted by atomic mass is 32.1. The predicted molar refractivity (Wildman–Crippen MR) is 85.8 cm³/mol. The van der Waals surface area contributed by atoms with Crippen molar-refractivity contribution < 1.29 is 4.79 Å². The van der Waals surface area contributed by atoms with Gasteiger partial charge in [-0.05, 0) is 30.7 Å². The lowest BCUT2D eigenvalue weighted by molar-refractivity contribution is -0.117. The SMILES string of the molecule is CN(C(=O)CN)c1nc2c(s1)C[C@@H](c1ccccc1)CC2. The molecule has 21 heavy (non-hydrogen) atoms. The van der Waals surface area contributed by atoms with Crippen LogP contribution >= 0.6 is 11.3 Å². The Hall–Kier alpha value is -1.72. The fourth-order valence-corrected chi connectivity index (χ4v) is 3.92. The molecule has 2 aromatic rings. The molecule has 0 fully saturated rings. The number of amides is 1. The Bertz CT molecular complexity index is 638. The molecule has 1 aromatic carbocycles. The van der Waals surface area contributed by atoms with Crippen molar-refractivity contribution in [3.8, 4) is 0 Å². The van der Waals surface area contributed by atoms with Gasteiger partial charge >= 0.3 is 0 Å². The van der Waals surface area contributed by atoms with E-state index in [1.54, 1.807) is 23.3 Å². The van der Waals surface area contributed by atoms with Gasteiger partial charge in [0, 0.05) is 11.9 Å². The Morgan fingerprint density at radius 1 is 1.43 bits per heavy atom. The van der Waals surface area contributed by atoms with Crippen LogP contribution in [0, 0.1) is 0 Å². The summed E-state index contributed by atoms with van der Waals surface area (Å²) in [5.74, 6) is 0.461. The number of carbonyl (C=O) groups is 1. The molecule has 0 bridgehead atoms. The number of anilines is 1. The van der Waals surface area contributed by atoms with Crippen LogP contribution in [0.15, 0.2) is 30.3 Å². The summed E-state index contributed by atoms with van der Waals surface area (Å²) in [6.07, 6.45) is 3.12. The van der Waals surface area contributed by atoms with Crippen LogP contribution < -0.4 is 10.6 Å². The molecule has 1 aliphatic carbocycles. The Kier molecular flexibility index (Phi) is 4.03. The van der Waals surface area contributed by atoms with Gasteiger partial charge in [0.25, 0.3) is 0 Å². The van der Waals surface area contributed by atoms with E-state index in [-0.39, 0.29) is 12.5 Å². The molecule has 5 heteroatoms. The normalized spacial score (nSPS) is 17.3. The van der Waals surface area contributed by atoms with E-state index in [0.717, 1.165) is 30.1 Å². The minimum Gasteiger partial charge on any atom is -0.322 e. The van der Waals surface area contributed by atoms with Crippen molar-refractivity contribution >= 4 is 22.4 Å². The smallest absolute Gasteiger partial charge is 0.242 e. The molecule has 4 nitrogen and oxygen atoms in total. The highest BCUT2D eigenvalue weighted by Gasteiger charge is 2.25. The monoisotopic (exact) mass is 301 g/mol. The number of likely N-dealkylation sites (N-methyl/N-ethyl adjacent to an activating group) is 1. The largest absolute Gasteiger partial charge is 0.322 e. The van der Waals surface area contributed by atoms with Gasteiger partial charge in [-0.3, -0.25) is 9.69 Å². The molecular weight excluding hydrogens is 282 g/mol. The van der Waals surface area contributed by atoms with Crippen molar-refractivity contribution in [2.75, 3.05) is 18.5 Å². The fraction of sp³-hybridized carbons (Fsp3) is 0.375. The minimum absolute atomic E-state index is 0.0212. The van der Waals surface area contributed by atoms with Crippen LogP contribution in [0.5, 0.6) is 0 Å². The number of fused-ring (bicyclic) bond motifs is 1. The zero-order valence-electron chi connectivity index (χ0n) is 12.1. The van der Waals surface area contributed by atoms with E-state index in [9.17, 15) is 4.79 Å². The number of nitrogens with zero attached hydrogens (tertiary/aromatic N) is 2. The second-order valence-corrected chi connectivity index (χ2v) is 6.44. The maximum absolute atomic E-state index is 11.7. The standard InChI is InChI=1S/C16H19N3OS/c1-19(15(20)10-17)16-18-13-8-7-12(9-14(13)21-16)11-5-3-2-4-6-11/h2-6,12H,7-10,17H2,1H3/t12-/m0/s1. The summed E-state index contributed by atoms with van der Waals surface area (Å²) in [6.45, 7) is 0.0212. The number of nitrogens with two attached hydrogens (primary N) is 1. The van der Waals surface area contributed by atoms with Crippen molar-refractivity contribution in [3.05, 3.63) is 46.5 Å². The van der Waals surface area contributed by atoms with E-state index in [2.05, 4.69) is 35.3 Å². The van der Waals surface area contributed by atoms with Crippen molar-refractivity contribution in [2.45, 2.75) is 25.2 Å². The summed E-state index contributed by atoms with van der Waals surface area (Å²) in [7, 11) is 1.74. The third kappa shape index (κ3) is 2.84. The molecule has 0 spiro atoms. The highest BCUT2D eigenvalue weighted by Crippen LogP contribution is 2.37. The van der Waals surface area contributed by atoms with Gasteiger partial charge in [0.05, 0.1) is 12.2 Å². The average Bonchev–Trinajstić information content (AvgIpc) is 2.97. The van der Waals surface area contributed by atoms with Crippen LogP contribution in [0.25, 0.3) is 0 Å². The molecule has 0 unspecified atom stereocenters. The van der Waals surface area contributed by atoms with Crippen molar-refractivity contribution in [2.24, 2.45) is 5.73 Å². The van der Waals surface area contributed by atoms with E-state index in [1.165, 1.54) is 10.4 Å². The van der Waals surface area contributed by atoms with Crippen LogP contribution in [0.2, 0.25) is 0 Å². The summed E-state index contributed by atoms with van der Waals surface area (Å²) in [5, 5.41) is 0.768. The first-order valence-electron chi connectivity index (χ1n) is 7.19. The molecule has 2 N–H and O–H groups in total. The highest BCUT2D eigenvalue weighted by molar-refractivity contribution is 7.15. The van der Waals surface area contributed by atoms with E-state index in [4.69, 9.17) is 5.73 Å². The molecule has 1 heterocycles. The van der Waals surface area contributed by atoms with Gasteiger partial charge in [0.15, 0.2) is 5.13 Å². The zero-order chi connectivity index (χ0) is 14.8. The van der Waals surface area contributed by atoms with Crippen LogP contribution in [0.4, 0.5) is 5.13 Å². The van der Waals surface area contributed by atoms with Crippen molar-refractivity contribution in [3.63, 3.8) is 0 Å². The Balaban J connectivity index is 1.81. The second-order valence-electron chi connectivity index (χ2n) is 5.37. The molecule has 1 aliphatic rings. The van der Waals surface area contributed by atoms with E-state index in [1.807, 2.05) is 0 Å². The Labute approximate surface area is 128 Å². The quantitative estimate of drug-likeness (QED) is 0.946. The lowest BCUT2D eigenvalue weighted by atomic mass is 9.85. The molecule has 0 aliphatic heterocycles. The molecule has 0 saturated carbocycles. The molecule has 1 aromatic heterocycles. The maximum atomic E-state index is 11.7. The van der Waals surface area contributed by atoms with Gasteiger partial charge in [0.2, 0.25) is 5.91 Å². The minimum atomic E-state index is -0.0966. The third-order valence-electron chi connectivity index (χ3n) is 4.03. The van der Waals surface area contributed by atoms with E-state index >= 15 is 0 Å². The molecular formula is C16H19N3OS. The number of rotatable bonds is 3. The number of carbonyl (C=O) groups excluding carboxylic acids is 1. The molecule has 3 rings (SSSR count). The summed E-state index contributed by atoms with van der Waals surface area (Å²) >= 11 is 1.62. The second kappa shape index (κ2) is 5.95. The van der Waals surface area contributed by atoms with Gasteiger partial charge in [-0.25, -0.2) is 4.98 Å². The van der Waals surface area contributed by atoms with Gasteiger partial charge in [0.1, 0.15) is 0 Å². The van der Waals surface area contributed by atoms with E-state index in [0.29, 0.717) is 5.92 Å². The average molecular weight is 301 g/mol. The number of hydrogen-bond acceptors (Lipinski definition) is 4.